The van der Waals surface area contributed by atoms with Gasteiger partial charge in [0.1, 0.15) is 0 Å². The van der Waals surface area contributed by atoms with Gasteiger partial charge in [0.25, 0.3) is 0 Å². The lowest BCUT2D eigenvalue weighted by Crippen LogP contribution is -2.34. The van der Waals surface area contributed by atoms with Gasteiger partial charge in [0, 0.05) is 24.8 Å². The number of amides is 1. The van der Waals surface area contributed by atoms with E-state index in [1.807, 2.05) is 35.2 Å². The first-order valence-corrected chi connectivity index (χ1v) is 6.80. The highest BCUT2D eigenvalue weighted by Gasteiger charge is 2.23. The monoisotopic (exact) mass is 267 g/mol. The Morgan fingerprint density at radius 3 is 2.90 bits per heavy atom. The smallest absolute Gasteiger partial charge is 0.227 e. The third-order valence-corrected chi connectivity index (χ3v) is 3.62. The van der Waals surface area contributed by atoms with Gasteiger partial charge in [0.05, 0.1) is 12.2 Å². The van der Waals surface area contributed by atoms with Gasteiger partial charge in [-0.25, -0.2) is 0 Å². The summed E-state index contributed by atoms with van der Waals surface area (Å²) >= 11 is 0. The fourth-order valence-corrected chi connectivity index (χ4v) is 2.59. The number of pyridine rings is 1. The van der Waals surface area contributed by atoms with Crippen LogP contribution in [0.15, 0.2) is 42.6 Å². The predicted octanol–water partition coefficient (Wildman–Crippen LogP) is 2.02. The highest BCUT2D eigenvalue weighted by atomic mass is 16.2. The first-order chi connectivity index (χ1) is 9.78. The van der Waals surface area contributed by atoms with Gasteiger partial charge in [0.2, 0.25) is 5.91 Å². The Morgan fingerprint density at radius 2 is 2.05 bits per heavy atom. The van der Waals surface area contributed by atoms with E-state index in [1.54, 1.807) is 6.20 Å². The molecule has 0 bridgehead atoms. The largest absolute Gasteiger partial charge is 0.325 e. The topological polar surface area (TPSA) is 59.2 Å². The summed E-state index contributed by atoms with van der Waals surface area (Å²) in [5, 5.41) is 0. The van der Waals surface area contributed by atoms with Crippen LogP contribution in [0.2, 0.25) is 0 Å². The number of aromatic nitrogens is 1. The number of nitrogens with two attached hydrogens (primary N) is 1. The summed E-state index contributed by atoms with van der Waals surface area (Å²) in [6, 6.07) is 12.0. The van der Waals surface area contributed by atoms with Gasteiger partial charge in [-0.05, 0) is 35.7 Å². The summed E-state index contributed by atoms with van der Waals surface area (Å²) < 4.78 is 0. The van der Waals surface area contributed by atoms with E-state index in [-0.39, 0.29) is 5.91 Å². The van der Waals surface area contributed by atoms with Gasteiger partial charge in [-0.15, -0.1) is 0 Å². The number of para-hydroxylation sites is 1. The third kappa shape index (κ3) is 2.42. The zero-order valence-corrected chi connectivity index (χ0v) is 11.2. The van der Waals surface area contributed by atoms with E-state index in [9.17, 15) is 4.79 Å². The number of nitrogens with zero attached hydrogens (tertiary/aromatic N) is 2. The maximum atomic E-state index is 12.2. The Bertz CT molecular complexity index is 639. The molecule has 3 rings (SSSR count). The number of hydrogen-bond acceptors (Lipinski definition) is 3. The van der Waals surface area contributed by atoms with Crippen LogP contribution >= 0.6 is 0 Å². The summed E-state index contributed by atoms with van der Waals surface area (Å²) in [6.45, 7) is 0.990. The van der Waals surface area contributed by atoms with Crippen LogP contribution in [-0.4, -0.2) is 10.9 Å². The van der Waals surface area contributed by atoms with Crippen molar-refractivity contribution < 1.29 is 4.79 Å². The fraction of sp³-hybridized carbons (Fsp3) is 0.250. The van der Waals surface area contributed by atoms with Gasteiger partial charge < -0.3 is 10.6 Å². The van der Waals surface area contributed by atoms with E-state index in [4.69, 9.17) is 5.73 Å². The van der Waals surface area contributed by atoms with Crippen LogP contribution in [0.1, 0.15) is 23.2 Å². The molecule has 1 aromatic carbocycles. The molecule has 1 aliphatic rings. The molecule has 0 saturated carbocycles. The van der Waals surface area contributed by atoms with Crippen LogP contribution in [0, 0.1) is 0 Å². The second-order valence-corrected chi connectivity index (χ2v) is 4.97. The molecule has 0 spiro atoms. The van der Waals surface area contributed by atoms with Crippen LogP contribution in [-0.2, 0) is 24.3 Å². The van der Waals surface area contributed by atoms with E-state index in [0.29, 0.717) is 19.5 Å². The van der Waals surface area contributed by atoms with Crippen molar-refractivity contribution in [3.63, 3.8) is 0 Å². The van der Waals surface area contributed by atoms with Crippen molar-refractivity contribution in [1.82, 2.24) is 4.98 Å². The molecule has 0 radical (unpaired) electrons. The molecule has 4 nitrogen and oxygen atoms in total. The zero-order chi connectivity index (χ0) is 13.9. The molecule has 102 valence electrons. The number of carbonyl (C=O) groups excluding carboxylic acids is 1. The number of fused-ring (bicyclic) bond motifs is 1. The number of rotatable bonds is 3. The summed E-state index contributed by atoms with van der Waals surface area (Å²) in [6.07, 6.45) is 3.15. The average molecular weight is 267 g/mol. The lowest BCUT2D eigenvalue weighted by atomic mass is 10.0. The average Bonchev–Trinajstić information content (AvgIpc) is 2.50. The van der Waals surface area contributed by atoms with Crippen LogP contribution < -0.4 is 10.6 Å². The summed E-state index contributed by atoms with van der Waals surface area (Å²) in [5.74, 6) is 0.176. The van der Waals surface area contributed by atoms with Crippen LogP contribution in [0.5, 0.6) is 0 Å². The first-order valence-electron chi connectivity index (χ1n) is 6.80. The summed E-state index contributed by atoms with van der Waals surface area (Å²) in [5.41, 5.74) is 9.78. The van der Waals surface area contributed by atoms with E-state index in [0.717, 1.165) is 23.4 Å². The second kappa shape index (κ2) is 5.43. The maximum Gasteiger partial charge on any atom is 0.227 e. The Balaban J connectivity index is 1.91. The first kappa shape index (κ1) is 12.8. The molecular formula is C16H17N3O. The highest BCUT2D eigenvalue weighted by molar-refractivity contribution is 5.96. The SMILES string of the molecule is NCc1cc(CN2C(=O)CCc3ccccc32)ccn1. The van der Waals surface area contributed by atoms with Crippen molar-refractivity contribution in [3.05, 3.63) is 59.4 Å². The second-order valence-electron chi connectivity index (χ2n) is 4.97. The molecule has 2 N–H and O–H groups in total. The minimum atomic E-state index is 0.176. The van der Waals surface area contributed by atoms with E-state index in [1.165, 1.54) is 5.56 Å². The lowest BCUT2D eigenvalue weighted by Gasteiger charge is -2.29. The molecule has 0 atom stereocenters. The number of hydrogen-bond donors (Lipinski definition) is 1. The van der Waals surface area contributed by atoms with Crippen molar-refractivity contribution in [3.8, 4) is 0 Å². The zero-order valence-electron chi connectivity index (χ0n) is 11.2. The molecule has 1 aromatic heterocycles. The molecule has 0 saturated heterocycles. The minimum absolute atomic E-state index is 0.176. The summed E-state index contributed by atoms with van der Waals surface area (Å²) in [7, 11) is 0. The van der Waals surface area contributed by atoms with Crippen molar-refractivity contribution in [2.45, 2.75) is 25.9 Å². The van der Waals surface area contributed by atoms with E-state index >= 15 is 0 Å². The van der Waals surface area contributed by atoms with Crippen molar-refractivity contribution in [1.29, 1.82) is 0 Å². The molecule has 4 heteroatoms. The van der Waals surface area contributed by atoms with E-state index < -0.39 is 0 Å². The van der Waals surface area contributed by atoms with Crippen molar-refractivity contribution >= 4 is 11.6 Å². The van der Waals surface area contributed by atoms with E-state index in [2.05, 4.69) is 11.1 Å². The molecule has 2 heterocycles. The molecule has 0 fully saturated rings. The predicted molar refractivity (Wildman–Crippen MR) is 78.1 cm³/mol. The highest BCUT2D eigenvalue weighted by Crippen LogP contribution is 2.28. The molecule has 1 amide bonds. The van der Waals surface area contributed by atoms with Gasteiger partial charge in [0.15, 0.2) is 0 Å². The normalized spacial score (nSPS) is 14.2. The van der Waals surface area contributed by atoms with Gasteiger partial charge in [-0.2, -0.15) is 0 Å². The number of aryl methyl sites for hydroxylation is 1. The quantitative estimate of drug-likeness (QED) is 0.925. The van der Waals surface area contributed by atoms with Crippen LogP contribution in [0.3, 0.4) is 0 Å². The molecule has 2 aromatic rings. The fourth-order valence-electron chi connectivity index (χ4n) is 2.59. The molecular weight excluding hydrogens is 250 g/mol. The van der Waals surface area contributed by atoms with Crippen LogP contribution in [0.25, 0.3) is 0 Å². The van der Waals surface area contributed by atoms with Gasteiger partial charge >= 0.3 is 0 Å². The van der Waals surface area contributed by atoms with Gasteiger partial charge in [-0.3, -0.25) is 9.78 Å². The Morgan fingerprint density at radius 1 is 1.20 bits per heavy atom. The van der Waals surface area contributed by atoms with Crippen LogP contribution in [0.4, 0.5) is 5.69 Å². The minimum Gasteiger partial charge on any atom is -0.325 e. The molecule has 0 aliphatic carbocycles. The Labute approximate surface area is 118 Å². The number of carbonyl (C=O) groups is 1. The number of benzene rings is 1. The molecule has 20 heavy (non-hydrogen) atoms. The standard InChI is InChI=1S/C16H17N3O/c17-10-14-9-12(7-8-18-14)11-19-15-4-2-1-3-13(15)5-6-16(19)20/h1-4,7-9H,5-6,10-11,17H2. The van der Waals surface area contributed by atoms with Crippen molar-refractivity contribution in [2.75, 3.05) is 4.90 Å². The molecule has 1 aliphatic heterocycles. The maximum absolute atomic E-state index is 12.2. The number of anilines is 1. The van der Waals surface area contributed by atoms with Crippen molar-refractivity contribution in [2.24, 2.45) is 5.73 Å². The third-order valence-electron chi connectivity index (χ3n) is 3.62. The molecule has 0 unspecified atom stereocenters. The van der Waals surface area contributed by atoms with Gasteiger partial charge in [-0.1, -0.05) is 18.2 Å². The lowest BCUT2D eigenvalue weighted by molar-refractivity contribution is -0.119. The summed E-state index contributed by atoms with van der Waals surface area (Å²) in [4.78, 5) is 18.2. The Kier molecular flexibility index (Phi) is 3.48. The Hall–Kier alpha value is -2.20.